The number of aryl methyl sites for hydroxylation is 2. The van der Waals surface area contributed by atoms with Gasteiger partial charge in [0.2, 0.25) is 5.95 Å². The minimum atomic E-state index is 0.472. The molecule has 1 unspecified atom stereocenters. The summed E-state index contributed by atoms with van der Waals surface area (Å²) in [5.41, 5.74) is 2.27. The maximum atomic E-state index is 4.51. The molecule has 0 aliphatic carbocycles. The Morgan fingerprint density at radius 3 is 3.00 bits per heavy atom. The summed E-state index contributed by atoms with van der Waals surface area (Å²) in [6, 6.07) is 2.40. The number of hydrogen-bond acceptors (Lipinski definition) is 5. The van der Waals surface area contributed by atoms with Crippen LogP contribution in [0, 0.1) is 6.92 Å². The van der Waals surface area contributed by atoms with Crippen LogP contribution in [0.5, 0.6) is 0 Å². The van der Waals surface area contributed by atoms with Crippen LogP contribution < -0.4 is 4.90 Å². The first kappa shape index (κ1) is 14.0. The lowest BCUT2D eigenvalue weighted by Crippen LogP contribution is -2.35. The minimum absolute atomic E-state index is 0.472. The van der Waals surface area contributed by atoms with Gasteiger partial charge in [-0.15, -0.1) is 0 Å². The molecule has 3 rings (SSSR count). The molecule has 0 saturated carbocycles. The number of anilines is 1. The number of hydrogen-bond donors (Lipinski definition) is 0. The third-order valence-electron chi connectivity index (χ3n) is 4.19. The van der Waals surface area contributed by atoms with E-state index in [-0.39, 0.29) is 0 Å². The zero-order chi connectivity index (χ0) is 14.8. The Bertz CT molecular complexity index is 608. The quantitative estimate of drug-likeness (QED) is 0.846. The van der Waals surface area contributed by atoms with Crippen LogP contribution in [0.25, 0.3) is 0 Å². The largest absolute Gasteiger partial charge is 0.340 e. The molecule has 0 radical (unpaired) electrons. The second-order valence-corrected chi connectivity index (χ2v) is 5.78. The van der Waals surface area contributed by atoms with Crippen molar-refractivity contribution in [3.8, 4) is 0 Å². The molecule has 1 aliphatic rings. The van der Waals surface area contributed by atoms with Crippen LogP contribution in [0.1, 0.15) is 17.8 Å². The molecule has 2 aromatic rings. The summed E-state index contributed by atoms with van der Waals surface area (Å²) >= 11 is 0. The smallest absolute Gasteiger partial charge is 0.225 e. The van der Waals surface area contributed by atoms with Crippen molar-refractivity contribution in [3.05, 3.63) is 36.2 Å². The zero-order valence-electron chi connectivity index (χ0n) is 12.9. The molecule has 0 amide bonds. The third kappa shape index (κ3) is 3.05. The van der Waals surface area contributed by atoms with Gasteiger partial charge in [0, 0.05) is 57.9 Å². The van der Waals surface area contributed by atoms with Gasteiger partial charge in [0.15, 0.2) is 0 Å². The van der Waals surface area contributed by atoms with Gasteiger partial charge in [0.1, 0.15) is 0 Å². The summed E-state index contributed by atoms with van der Waals surface area (Å²) < 4.78 is 2.08. The molecule has 1 fully saturated rings. The van der Waals surface area contributed by atoms with E-state index in [1.165, 1.54) is 5.69 Å². The highest BCUT2D eigenvalue weighted by molar-refractivity contribution is 5.31. The van der Waals surface area contributed by atoms with E-state index in [2.05, 4.69) is 36.4 Å². The predicted molar refractivity (Wildman–Crippen MR) is 82.1 cm³/mol. The van der Waals surface area contributed by atoms with E-state index in [9.17, 15) is 0 Å². The van der Waals surface area contributed by atoms with Crippen molar-refractivity contribution in [1.29, 1.82) is 0 Å². The summed E-state index contributed by atoms with van der Waals surface area (Å²) in [7, 11) is 4.13. The second-order valence-electron chi connectivity index (χ2n) is 5.78. The van der Waals surface area contributed by atoms with E-state index in [4.69, 9.17) is 0 Å². The van der Waals surface area contributed by atoms with Crippen molar-refractivity contribution >= 4 is 5.95 Å². The first-order chi connectivity index (χ1) is 10.1. The topological polar surface area (TPSA) is 50.1 Å². The molecule has 21 heavy (non-hydrogen) atoms. The first-order valence-electron chi connectivity index (χ1n) is 7.33. The number of aromatic nitrogens is 4. The Labute approximate surface area is 125 Å². The average Bonchev–Trinajstić information content (AvgIpc) is 3.09. The fourth-order valence-electron chi connectivity index (χ4n) is 2.81. The fraction of sp³-hybridized carbons (Fsp3) is 0.533. The lowest BCUT2D eigenvalue weighted by molar-refractivity contribution is 0.318. The zero-order valence-corrected chi connectivity index (χ0v) is 12.9. The SMILES string of the molecule is Cc1ccnc(N(C)C2CCN(Cc3cncn3C)C2)n1. The molecule has 1 aliphatic heterocycles. The Morgan fingerprint density at radius 1 is 1.43 bits per heavy atom. The van der Waals surface area contributed by atoms with E-state index < -0.39 is 0 Å². The molecule has 0 N–H and O–H groups in total. The Kier molecular flexibility index (Phi) is 3.88. The molecule has 1 saturated heterocycles. The van der Waals surface area contributed by atoms with Crippen LogP contribution in [0.15, 0.2) is 24.8 Å². The summed E-state index contributed by atoms with van der Waals surface area (Å²) in [5.74, 6) is 0.822. The second kappa shape index (κ2) is 5.81. The predicted octanol–water partition coefficient (Wildman–Crippen LogP) is 1.23. The highest BCUT2D eigenvalue weighted by atomic mass is 15.3. The summed E-state index contributed by atoms with van der Waals surface area (Å²) in [6.45, 7) is 5.10. The Balaban J connectivity index is 1.63. The van der Waals surface area contributed by atoms with E-state index in [1.807, 2.05) is 38.8 Å². The van der Waals surface area contributed by atoms with E-state index >= 15 is 0 Å². The number of imidazole rings is 1. The molecule has 112 valence electrons. The van der Waals surface area contributed by atoms with Gasteiger partial charge in [-0.1, -0.05) is 0 Å². The minimum Gasteiger partial charge on any atom is -0.340 e. The van der Waals surface area contributed by atoms with Gasteiger partial charge in [-0.25, -0.2) is 15.0 Å². The molecule has 1 atom stereocenters. The summed E-state index contributed by atoms with van der Waals surface area (Å²) in [6.07, 6.45) is 6.78. The standard InChI is InChI=1S/C15H22N6/c1-12-4-6-17-15(18-12)20(3)13-5-7-21(9-13)10-14-8-16-11-19(14)2/h4,6,8,11,13H,5,7,9-10H2,1-3H3. The van der Waals surface area contributed by atoms with Gasteiger partial charge in [-0.05, 0) is 19.4 Å². The third-order valence-corrected chi connectivity index (χ3v) is 4.19. The summed E-state index contributed by atoms with van der Waals surface area (Å²) in [5, 5.41) is 0. The van der Waals surface area contributed by atoms with Crippen LogP contribution >= 0.6 is 0 Å². The number of likely N-dealkylation sites (N-methyl/N-ethyl adjacent to an activating group) is 1. The van der Waals surface area contributed by atoms with Crippen molar-refractivity contribution in [2.24, 2.45) is 7.05 Å². The maximum absolute atomic E-state index is 4.51. The lowest BCUT2D eigenvalue weighted by Gasteiger charge is -2.25. The highest BCUT2D eigenvalue weighted by Gasteiger charge is 2.27. The van der Waals surface area contributed by atoms with Crippen LogP contribution in [-0.4, -0.2) is 50.6 Å². The van der Waals surface area contributed by atoms with Crippen LogP contribution in [-0.2, 0) is 13.6 Å². The van der Waals surface area contributed by atoms with Crippen molar-refractivity contribution in [2.75, 3.05) is 25.0 Å². The van der Waals surface area contributed by atoms with Gasteiger partial charge in [-0.2, -0.15) is 0 Å². The molecule has 2 aromatic heterocycles. The van der Waals surface area contributed by atoms with Crippen molar-refractivity contribution in [3.63, 3.8) is 0 Å². The molecule has 0 bridgehead atoms. The van der Waals surface area contributed by atoms with Crippen molar-refractivity contribution in [2.45, 2.75) is 25.9 Å². The molecular weight excluding hydrogens is 264 g/mol. The van der Waals surface area contributed by atoms with E-state index in [0.717, 1.165) is 37.7 Å². The van der Waals surface area contributed by atoms with Crippen molar-refractivity contribution in [1.82, 2.24) is 24.4 Å². The van der Waals surface area contributed by atoms with Gasteiger partial charge < -0.3 is 9.47 Å². The normalized spacial score (nSPS) is 19.1. The van der Waals surface area contributed by atoms with Crippen LogP contribution in [0.4, 0.5) is 5.95 Å². The molecule has 3 heterocycles. The fourth-order valence-corrected chi connectivity index (χ4v) is 2.81. The van der Waals surface area contributed by atoms with Gasteiger partial charge >= 0.3 is 0 Å². The first-order valence-corrected chi connectivity index (χ1v) is 7.33. The van der Waals surface area contributed by atoms with Gasteiger partial charge in [0.25, 0.3) is 0 Å². The maximum Gasteiger partial charge on any atom is 0.225 e. The van der Waals surface area contributed by atoms with E-state index in [1.54, 1.807) is 0 Å². The number of rotatable bonds is 4. The molecule has 6 nitrogen and oxygen atoms in total. The van der Waals surface area contributed by atoms with Crippen LogP contribution in [0.3, 0.4) is 0 Å². The van der Waals surface area contributed by atoms with E-state index in [0.29, 0.717) is 6.04 Å². The van der Waals surface area contributed by atoms with Gasteiger partial charge in [-0.3, -0.25) is 4.90 Å². The Hall–Kier alpha value is -1.95. The molecule has 6 heteroatoms. The van der Waals surface area contributed by atoms with Crippen LogP contribution in [0.2, 0.25) is 0 Å². The molecular formula is C15H22N6. The average molecular weight is 286 g/mol. The number of likely N-dealkylation sites (tertiary alicyclic amines) is 1. The molecule has 0 spiro atoms. The monoisotopic (exact) mass is 286 g/mol. The summed E-state index contributed by atoms with van der Waals surface area (Å²) in [4.78, 5) is 17.7. The number of nitrogens with zero attached hydrogens (tertiary/aromatic N) is 6. The molecule has 0 aromatic carbocycles. The van der Waals surface area contributed by atoms with Gasteiger partial charge in [0.05, 0.1) is 12.0 Å². The van der Waals surface area contributed by atoms with Crippen molar-refractivity contribution < 1.29 is 0 Å². The highest BCUT2D eigenvalue weighted by Crippen LogP contribution is 2.20. The lowest BCUT2D eigenvalue weighted by atomic mass is 10.2. The Morgan fingerprint density at radius 2 is 2.29 bits per heavy atom.